The van der Waals surface area contributed by atoms with Gasteiger partial charge in [-0.05, 0) is 18.6 Å². The predicted molar refractivity (Wildman–Crippen MR) is 82.6 cm³/mol. The summed E-state index contributed by atoms with van der Waals surface area (Å²) in [5.74, 6) is -0.911. The van der Waals surface area contributed by atoms with Gasteiger partial charge in [0.05, 0.1) is 23.8 Å². The van der Waals surface area contributed by atoms with Crippen molar-refractivity contribution in [2.45, 2.75) is 19.4 Å². The molecular formula is C15H20N4O3. The molecule has 22 heavy (non-hydrogen) atoms. The summed E-state index contributed by atoms with van der Waals surface area (Å²) in [6.45, 7) is 1.50. The molecule has 0 saturated carbocycles. The number of benzene rings is 1. The number of carbonyl (C=O) groups is 2. The Morgan fingerprint density at radius 1 is 1.36 bits per heavy atom. The minimum atomic E-state index is -0.911. The molecule has 1 aromatic heterocycles. The maximum absolute atomic E-state index is 11.7. The van der Waals surface area contributed by atoms with Gasteiger partial charge in [-0.1, -0.05) is 12.1 Å². The molecule has 2 N–H and O–H groups in total. The average molecular weight is 304 g/mol. The zero-order chi connectivity index (χ0) is 15.9. The average Bonchev–Trinajstić information content (AvgIpc) is 2.92. The minimum Gasteiger partial charge on any atom is -0.481 e. The van der Waals surface area contributed by atoms with E-state index in [-0.39, 0.29) is 19.0 Å². The molecule has 0 spiro atoms. The highest BCUT2D eigenvalue weighted by Gasteiger charge is 2.09. The Kier molecular flexibility index (Phi) is 5.35. The standard InChI is InChI=1S/C15H20N4O3/c1-18(10-7-14(20)21)15(22)16-8-4-9-19-11-17-12-5-2-3-6-13(12)19/h2-3,5-6,11H,4,7-10H2,1H3,(H,16,22)(H,20,21). The van der Waals surface area contributed by atoms with Crippen LogP contribution >= 0.6 is 0 Å². The summed E-state index contributed by atoms with van der Waals surface area (Å²) >= 11 is 0. The third kappa shape index (κ3) is 4.21. The van der Waals surface area contributed by atoms with Crippen LogP contribution in [-0.4, -0.2) is 51.7 Å². The van der Waals surface area contributed by atoms with Crippen molar-refractivity contribution in [3.63, 3.8) is 0 Å². The third-order valence-electron chi connectivity index (χ3n) is 3.39. The molecule has 0 aliphatic rings. The highest BCUT2D eigenvalue weighted by atomic mass is 16.4. The number of hydrogen-bond acceptors (Lipinski definition) is 3. The Morgan fingerprint density at radius 3 is 2.91 bits per heavy atom. The molecule has 7 heteroatoms. The fourth-order valence-corrected chi connectivity index (χ4v) is 2.13. The predicted octanol–water partition coefficient (Wildman–Crippen LogP) is 1.54. The number of nitrogens with zero attached hydrogens (tertiary/aromatic N) is 3. The molecule has 0 atom stereocenters. The molecule has 1 heterocycles. The Bertz CT molecular complexity index is 653. The Hall–Kier alpha value is -2.57. The number of para-hydroxylation sites is 2. The first-order valence-corrected chi connectivity index (χ1v) is 7.18. The second kappa shape index (κ2) is 7.44. The maximum Gasteiger partial charge on any atom is 0.317 e. The summed E-state index contributed by atoms with van der Waals surface area (Å²) < 4.78 is 2.05. The lowest BCUT2D eigenvalue weighted by atomic mass is 10.3. The molecular weight excluding hydrogens is 284 g/mol. The number of fused-ring (bicyclic) bond motifs is 1. The van der Waals surface area contributed by atoms with Crippen LogP contribution in [0.4, 0.5) is 4.79 Å². The van der Waals surface area contributed by atoms with Gasteiger partial charge in [-0.3, -0.25) is 4.79 Å². The van der Waals surface area contributed by atoms with Gasteiger partial charge in [-0.15, -0.1) is 0 Å². The second-order valence-corrected chi connectivity index (χ2v) is 5.08. The number of aromatic nitrogens is 2. The van der Waals surface area contributed by atoms with Gasteiger partial charge in [0.2, 0.25) is 0 Å². The van der Waals surface area contributed by atoms with Crippen molar-refractivity contribution >= 4 is 23.0 Å². The second-order valence-electron chi connectivity index (χ2n) is 5.08. The van der Waals surface area contributed by atoms with Crippen LogP contribution < -0.4 is 5.32 Å². The number of carboxylic acids is 1. The molecule has 2 aromatic rings. The molecule has 0 saturated heterocycles. The molecule has 0 aliphatic heterocycles. The van der Waals surface area contributed by atoms with Crippen molar-refractivity contribution < 1.29 is 14.7 Å². The van der Waals surface area contributed by atoms with Crippen LogP contribution in [0.1, 0.15) is 12.8 Å². The lowest BCUT2D eigenvalue weighted by Crippen LogP contribution is -2.38. The summed E-state index contributed by atoms with van der Waals surface area (Å²) in [7, 11) is 1.58. The van der Waals surface area contributed by atoms with Gasteiger partial charge in [-0.2, -0.15) is 0 Å². The summed E-state index contributed by atoms with van der Waals surface area (Å²) in [5.41, 5.74) is 2.03. The molecule has 0 bridgehead atoms. The summed E-state index contributed by atoms with van der Waals surface area (Å²) in [5, 5.41) is 11.4. The molecule has 118 valence electrons. The van der Waals surface area contributed by atoms with Crippen molar-refractivity contribution in [1.82, 2.24) is 19.8 Å². The van der Waals surface area contributed by atoms with Gasteiger partial charge in [0.15, 0.2) is 0 Å². The highest BCUT2D eigenvalue weighted by molar-refractivity contribution is 5.75. The number of hydrogen-bond donors (Lipinski definition) is 2. The summed E-state index contributed by atoms with van der Waals surface area (Å²) in [6, 6.07) is 7.65. The van der Waals surface area contributed by atoms with Gasteiger partial charge >= 0.3 is 12.0 Å². The van der Waals surface area contributed by atoms with E-state index in [1.807, 2.05) is 24.3 Å². The van der Waals surface area contributed by atoms with E-state index in [0.717, 1.165) is 24.0 Å². The monoisotopic (exact) mass is 304 g/mol. The highest BCUT2D eigenvalue weighted by Crippen LogP contribution is 2.11. The van der Waals surface area contributed by atoms with E-state index in [1.54, 1.807) is 13.4 Å². The number of amides is 2. The van der Waals surface area contributed by atoms with E-state index >= 15 is 0 Å². The van der Waals surface area contributed by atoms with Gasteiger partial charge < -0.3 is 19.9 Å². The molecule has 0 unspecified atom stereocenters. The van der Waals surface area contributed by atoms with E-state index in [4.69, 9.17) is 5.11 Å². The number of urea groups is 1. The fraction of sp³-hybridized carbons (Fsp3) is 0.400. The molecule has 0 fully saturated rings. The van der Waals surface area contributed by atoms with Crippen molar-refractivity contribution in [3.05, 3.63) is 30.6 Å². The van der Waals surface area contributed by atoms with Crippen LogP contribution in [0.25, 0.3) is 11.0 Å². The van der Waals surface area contributed by atoms with E-state index < -0.39 is 5.97 Å². The molecule has 7 nitrogen and oxygen atoms in total. The SMILES string of the molecule is CN(CCC(=O)O)C(=O)NCCCn1cnc2ccccc21. The van der Waals surface area contributed by atoms with Gasteiger partial charge in [0.25, 0.3) is 0 Å². The number of aliphatic carboxylic acids is 1. The third-order valence-corrected chi connectivity index (χ3v) is 3.39. The summed E-state index contributed by atoms with van der Waals surface area (Å²) in [6.07, 6.45) is 2.52. The molecule has 2 amide bonds. The largest absolute Gasteiger partial charge is 0.481 e. The van der Waals surface area contributed by atoms with Gasteiger partial charge in [0, 0.05) is 26.7 Å². The smallest absolute Gasteiger partial charge is 0.317 e. The lowest BCUT2D eigenvalue weighted by molar-refractivity contribution is -0.137. The van der Waals surface area contributed by atoms with Crippen molar-refractivity contribution in [3.8, 4) is 0 Å². The number of carbonyl (C=O) groups excluding carboxylic acids is 1. The summed E-state index contributed by atoms with van der Waals surface area (Å²) in [4.78, 5) is 27.9. The van der Waals surface area contributed by atoms with Gasteiger partial charge in [-0.25, -0.2) is 9.78 Å². The maximum atomic E-state index is 11.7. The first-order chi connectivity index (χ1) is 10.6. The molecule has 2 rings (SSSR count). The van der Waals surface area contributed by atoms with Crippen LogP contribution in [0, 0.1) is 0 Å². The van der Waals surface area contributed by atoms with Crippen LogP contribution in [0.3, 0.4) is 0 Å². The first-order valence-electron chi connectivity index (χ1n) is 7.18. The number of rotatable bonds is 7. The number of imidazole rings is 1. The fourth-order valence-electron chi connectivity index (χ4n) is 2.13. The number of nitrogens with one attached hydrogen (secondary N) is 1. The Labute approximate surface area is 128 Å². The normalized spacial score (nSPS) is 10.6. The van der Waals surface area contributed by atoms with Crippen molar-refractivity contribution in [2.24, 2.45) is 0 Å². The first kappa shape index (κ1) is 15.8. The van der Waals surface area contributed by atoms with E-state index in [2.05, 4.69) is 14.9 Å². The number of aryl methyl sites for hydroxylation is 1. The zero-order valence-electron chi connectivity index (χ0n) is 12.5. The Morgan fingerprint density at radius 2 is 2.14 bits per heavy atom. The van der Waals surface area contributed by atoms with E-state index in [0.29, 0.717) is 6.54 Å². The quantitative estimate of drug-likeness (QED) is 0.760. The topological polar surface area (TPSA) is 87.5 Å². The van der Waals surface area contributed by atoms with E-state index in [1.165, 1.54) is 4.90 Å². The Balaban J connectivity index is 1.73. The van der Waals surface area contributed by atoms with Gasteiger partial charge in [0.1, 0.15) is 0 Å². The van der Waals surface area contributed by atoms with Crippen LogP contribution in [0.5, 0.6) is 0 Å². The van der Waals surface area contributed by atoms with Crippen LogP contribution in [0.15, 0.2) is 30.6 Å². The van der Waals surface area contributed by atoms with E-state index in [9.17, 15) is 9.59 Å². The van der Waals surface area contributed by atoms with Crippen LogP contribution in [-0.2, 0) is 11.3 Å². The molecule has 1 aromatic carbocycles. The van der Waals surface area contributed by atoms with Crippen molar-refractivity contribution in [1.29, 1.82) is 0 Å². The molecule has 0 radical (unpaired) electrons. The van der Waals surface area contributed by atoms with Crippen molar-refractivity contribution in [2.75, 3.05) is 20.1 Å². The minimum absolute atomic E-state index is 0.0506. The number of carboxylic acid groups (broad SMARTS) is 1. The van der Waals surface area contributed by atoms with Crippen LogP contribution in [0.2, 0.25) is 0 Å². The zero-order valence-corrected chi connectivity index (χ0v) is 12.5. The lowest BCUT2D eigenvalue weighted by Gasteiger charge is -2.16. The molecule has 0 aliphatic carbocycles.